The van der Waals surface area contributed by atoms with Crippen molar-refractivity contribution in [2.24, 2.45) is 9.98 Å². The van der Waals surface area contributed by atoms with Gasteiger partial charge in [0.05, 0.1) is 44.5 Å². The number of hydrogen-bond donors (Lipinski definition) is 0. The molecule has 2 unspecified atom stereocenters. The quantitative estimate of drug-likeness (QED) is 0.206. The first-order valence-electron chi connectivity index (χ1n) is 12.2. The Labute approximate surface area is 230 Å². The summed E-state index contributed by atoms with van der Waals surface area (Å²) in [5.74, 6) is 1.21. The molecular weight excluding hydrogens is 546 g/mol. The van der Waals surface area contributed by atoms with Gasteiger partial charge in [-0.05, 0) is 48.4 Å². The highest BCUT2D eigenvalue weighted by Crippen LogP contribution is 2.55. The van der Waals surface area contributed by atoms with Gasteiger partial charge in [-0.3, -0.25) is 0 Å². The van der Waals surface area contributed by atoms with Crippen LogP contribution in [0.5, 0.6) is 11.6 Å². The first-order chi connectivity index (χ1) is 18.5. The number of benzene rings is 3. The predicted octanol–water partition coefficient (Wildman–Crippen LogP) is 6.80. The lowest BCUT2D eigenvalue weighted by Gasteiger charge is -2.30. The smallest absolute Gasteiger partial charge is 0.220 e. The molecule has 194 valence electrons. The van der Waals surface area contributed by atoms with Crippen LogP contribution in [0.1, 0.15) is 18.1 Å². The Morgan fingerprint density at radius 3 is 2.58 bits per heavy atom. The number of methoxy groups -OCH3 is 3. The van der Waals surface area contributed by atoms with Crippen molar-refractivity contribution in [3.8, 4) is 22.8 Å². The van der Waals surface area contributed by atoms with E-state index in [1.807, 2.05) is 48.5 Å². The minimum atomic E-state index is -0.799. The molecule has 1 aliphatic rings. The lowest BCUT2D eigenvalue weighted by atomic mass is 9.93. The molecule has 0 spiro atoms. The van der Waals surface area contributed by atoms with Crippen molar-refractivity contribution >= 4 is 38.5 Å². The van der Waals surface area contributed by atoms with Gasteiger partial charge in [0.15, 0.2) is 0 Å². The van der Waals surface area contributed by atoms with E-state index in [0.717, 1.165) is 37.6 Å². The highest BCUT2D eigenvalue weighted by Gasteiger charge is 2.45. The molecule has 0 radical (unpaired) electrons. The third kappa shape index (κ3) is 4.72. The van der Waals surface area contributed by atoms with Gasteiger partial charge in [-0.1, -0.05) is 52.3 Å². The first-order valence-corrected chi connectivity index (χ1v) is 13.0. The first kappa shape index (κ1) is 26.1. The average Bonchev–Trinajstić information content (AvgIpc) is 3.22. The summed E-state index contributed by atoms with van der Waals surface area (Å²) in [6.07, 6.45) is -0.308. The van der Waals surface area contributed by atoms with Gasteiger partial charge >= 0.3 is 0 Å². The summed E-state index contributed by atoms with van der Waals surface area (Å²) in [4.78, 5) is 13.5. The number of pyridine rings is 1. The molecule has 0 fully saturated rings. The number of rotatable bonds is 9. The highest BCUT2D eigenvalue weighted by atomic mass is 79.9. The Bertz CT molecular complexity index is 1550. The van der Waals surface area contributed by atoms with E-state index in [0.29, 0.717) is 30.5 Å². The predicted molar refractivity (Wildman–Crippen MR) is 152 cm³/mol. The van der Waals surface area contributed by atoms with Crippen molar-refractivity contribution < 1.29 is 18.9 Å². The summed E-state index contributed by atoms with van der Waals surface area (Å²) in [6, 6.07) is 24.6. The maximum atomic E-state index is 6.67. The fraction of sp³-hybridized carbons (Fsp3) is 0.267. The Hall–Kier alpha value is -3.55. The van der Waals surface area contributed by atoms with Gasteiger partial charge in [-0.2, -0.15) is 4.99 Å². The lowest BCUT2D eigenvalue weighted by molar-refractivity contribution is -0.0577. The van der Waals surface area contributed by atoms with Gasteiger partial charge in [-0.15, -0.1) is 0 Å². The summed E-state index contributed by atoms with van der Waals surface area (Å²) in [5, 5.41) is 1.04. The van der Waals surface area contributed by atoms with E-state index in [1.54, 1.807) is 21.3 Å². The van der Waals surface area contributed by atoms with E-state index >= 15 is 0 Å². The molecule has 0 aliphatic heterocycles. The van der Waals surface area contributed by atoms with Crippen molar-refractivity contribution in [2.75, 3.05) is 34.5 Å². The van der Waals surface area contributed by atoms with Gasteiger partial charge in [0.25, 0.3) is 0 Å². The summed E-state index contributed by atoms with van der Waals surface area (Å²) in [6.45, 7) is 2.69. The Morgan fingerprint density at radius 2 is 1.79 bits per heavy atom. The third-order valence-electron chi connectivity index (χ3n) is 6.81. The number of aliphatic imine (C=N–C) groups is 2. The fourth-order valence-corrected chi connectivity index (χ4v) is 5.25. The number of fused-ring (bicyclic) bond motifs is 5. The molecule has 1 heterocycles. The normalized spacial score (nSPS) is 16.3. The monoisotopic (exact) mass is 573 g/mol. The van der Waals surface area contributed by atoms with Gasteiger partial charge in [-0.25, -0.2) is 9.98 Å². The molecule has 3 aromatic carbocycles. The Morgan fingerprint density at radius 1 is 1.00 bits per heavy atom. The van der Waals surface area contributed by atoms with Crippen LogP contribution in [0.2, 0.25) is 0 Å². The average molecular weight is 574 g/mol. The Balaban J connectivity index is 1.46. The standard InChI is InChI=1S/C30H28BrN3O4/c1-30(38-17-20(35-2)16-32-18-33-25-11-7-8-12-26(25)36-3)23-10-6-5-9-21(23)27-22-15-19(31)13-14-24(22)34-29(37-4)28(27)30/h5-15,20H,16-17H2,1-4H3. The summed E-state index contributed by atoms with van der Waals surface area (Å²) in [5.41, 5.74) is 4.86. The maximum absolute atomic E-state index is 6.67. The van der Waals surface area contributed by atoms with Crippen LogP contribution in [0.15, 0.2) is 81.2 Å². The largest absolute Gasteiger partial charge is 0.494 e. The van der Waals surface area contributed by atoms with Gasteiger partial charge < -0.3 is 18.9 Å². The number of hydrogen-bond acceptors (Lipinski definition) is 7. The second kappa shape index (κ2) is 11.1. The van der Waals surface area contributed by atoms with E-state index in [4.69, 9.17) is 23.9 Å². The Kier molecular flexibility index (Phi) is 7.58. The van der Waals surface area contributed by atoms with Crippen LogP contribution in [-0.2, 0) is 15.1 Å². The molecule has 1 aromatic heterocycles. The summed E-state index contributed by atoms with van der Waals surface area (Å²) < 4.78 is 24.5. The van der Waals surface area contributed by atoms with Crippen molar-refractivity contribution in [3.63, 3.8) is 0 Å². The molecule has 0 N–H and O–H groups in total. The van der Waals surface area contributed by atoms with Crippen LogP contribution in [0.4, 0.5) is 5.69 Å². The van der Waals surface area contributed by atoms with Crippen molar-refractivity contribution in [2.45, 2.75) is 18.6 Å². The number of para-hydroxylation sites is 2. The van der Waals surface area contributed by atoms with Crippen molar-refractivity contribution in [3.05, 3.63) is 82.3 Å². The third-order valence-corrected chi connectivity index (χ3v) is 7.30. The molecule has 2 atom stereocenters. The summed E-state index contributed by atoms with van der Waals surface area (Å²) in [7, 11) is 4.90. The highest BCUT2D eigenvalue weighted by molar-refractivity contribution is 9.10. The van der Waals surface area contributed by atoms with E-state index < -0.39 is 5.60 Å². The van der Waals surface area contributed by atoms with Crippen molar-refractivity contribution in [1.29, 1.82) is 0 Å². The minimum Gasteiger partial charge on any atom is -0.494 e. The van der Waals surface area contributed by atoms with Crippen LogP contribution in [-0.4, -0.2) is 51.6 Å². The number of nitrogens with zero attached hydrogens (tertiary/aromatic N) is 3. The molecule has 1 aliphatic carbocycles. The maximum Gasteiger partial charge on any atom is 0.220 e. The van der Waals surface area contributed by atoms with E-state index in [1.165, 1.54) is 0 Å². The zero-order valence-corrected chi connectivity index (χ0v) is 23.3. The molecule has 0 amide bonds. The lowest BCUT2D eigenvalue weighted by Crippen LogP contribution is -2.32. The second-order valence-electron chi connectivity index (χ2n) is 9.00. The molecule has 4 aromatic rings. The van der Waals surface area contributed by atoms with Crippen LogP contribution in [0.25, 0.3) is 22.0 Å². The topological polar surface area (TPSA) is 74.5 Å². The zero-order valence-electron chi connectivity index (χ0n) is 21.7. The molecular formula is C30H28BrN3O4. The molecule has 8 heteroatoms. The second-order valence-corrected chi connectivity index (χ2v) is 9.92. The summed E-state index contributed by atoms with van der Waals surface area (Å²) >= 11 is 3.62. The van der Waals surface area contributed by atoms with Crippen LogP contribution < -0.4 is 9.47 Å². The SMILES string of the molecule is COc1ccccc1N=C=NCC(COC1(C)c2ccccc2-c2c1c(OC)nc1ccc(Br)cc21)OC. The molecule has 0 saturated heterocycles. The van der Waals surface area contributed by atoms with Crippen LogP contribution in [0.3, 0.4) is 0 Å². The van der Waals surface area contributed by atoms with Crippen LogP contribution in [0, 0.1) is 0 Å². The van der Waals surface area contributed by atoms with Crippen LogP contribution >= 0.6 is 15.9 Å². The fourth-order valence-electron chi connectivity index (χ4n) is 4.89. The van der Waals surface area contributed by atoms with E-state index in [9.17, 15) is 0 Å². The number of ether oxygens (including phenoxy) is 4. The molecule has 7 nitrogen and oxygen atoms in total. The van der Waals surface area contributed by atoms with Gasteiger partial charge in [0, 0.05) is 22.5 Å². The molecule has 0 saturated carbocycles. The van der Waals surface area contributed by atoms with E-state index in [-0.39, 0.29) is 6.10 Å². The zero-order chi connectivity index (χ0) is 26.7. The number of halogens is 1. The number of aromatic nitrogens is 1. The molecule has 38 heavy (non-hydrogen) atoms. The molecule has 0 bridgehead atoms. The van der Waals surface area contributed by atoms with Crippen molar-refractivity contribution in [1.82, 2.24) is 4.98 Å². The minimum absolute atomic E-state index is 0.292. The van der Waals surface area contributed by atoms with Gasteiger partial charge in [0.1, 0.15) is 23.1 Å². The van der Waals surface area contributed by atoms with Gasteiger partial charge in [0.2, 0.25) is 5.88 Å². The molecule has 5 rings (SSSR count). The van der Waals surface area contributed by atoms with E-state index in [2.05, 4.69) is 57.0 Å².